The monoisotopic (exact) mass is 305 g/mol. The normalized spacial score (nSPS) is 20.4. The van der Waals surface area contributed by atoms with Crippen LogP contribution in [0.2, 0.25) is 0 Å². The molecule has 1 aliphatic heterocycles. The quantitative estimate of drug-likeness (QED) is 0.804. The highest BCUT2D eigenvalue weighted by Crippen LogP contribution is 2.27. The third-order valence-electron chi connectivity index (χ3n) is 5.00. The molecule has 2 aliphatic rings. The highest BCUT2D eigenvalue weighted by Gasteiger charge is 2.36. The summed E-state index contributed by atoms with van der Waals surface area (Å²) < 4.78 is 2.27. The van der Waals surface area contributed by atoms with E-state index in [-0.39, 0.29) is 5.91 Å². The first kappa shape index (κ1) is 15.5. The summed E-state index contributed by atoms with van der Waals surface area (Å²) in [5.41, 5.74) is 5.53. The van der Waals surface area contributed by atoms with E-state index in [2.05, 4.69) is 20.1 Å². The first-order chi connectivity index (χ1) is 10.7. The lowest BCUT2D eigenvalue weighted by atomic mass is 9.98. The Morgan fingerprint density at radius 3 is 2.82 bits per heavy atom. The second-order valence-electron chi connectivity index (χ2n) is 6.72. The van der Waals surface area contributed by atoms with Crippen molar-refractivity contribution in [2.75, 3.05) is 6.54 Å². The van der Waals surface area contributed by atoms with Crippen molar-refractivity contribution < 1.29 is 4.79 Å². The molecule has 1 aliphatic carbocycles. The molecule has 1 fully saturated rings. The summed E-state index contributed by atoms with van der Waals surface area (Å²) in [6.07, 6.45) is 10.3. The minimum Gasteiger partial charge on any atom is -0.354 e. The van der Waals surface area contributed by atoms with Crippen LogP contribution in [0, 0.1) is 0 Å². The van der Waals surface area contributed by atoms with Gasteiger partial charge in [0.15, 0.2) is 0 Å². The van der Waals surface area contributed by atoms with Crippen molar-refractivity contribution >= 4 is 5.91 Å². The molecule has 0 unspecified atom stereocenters. The van der Waals surface area contributed by atoms with Gasteiger partial charge in [-0.2, -0.15) is 0 Å². The molecule has 1 saturated carbocycles. The molecule has 0 atom stereocenters. The second-order valence-corrected chi connectivity index (χ2v) is 6.72. The number of nitrogens with zero attached hydrogens (tertiary/aromatic N) is 3. The van der Waals surface area contributed by atoms with E-state index in [0.717, 1.165) is 63.1 Å². The maximum Gasteiger partial charge on any atom is 0.240 e. The Balaban J connectivity index is 1.45. The molecule has 0 radical (unpaired) electrons. The van der Waals surface area contributed by atoms with E-state index in [9.17, 15) is 4.79 Å². The Hall–Kier alpha value is -1.43. The fourth-order valence-corrected chi connectivity index (χ4v) is 3.59. The summed E-state index contributed by atoms with van der Waals surface area (Å²) in [5, 5.41) is 11.6. The third kappa shape index (κ3) is 3.32. The number of nitrogens with two attached hydrogens (primary N) is 1. The highest BCUT2D eigenvalue weighted by molar-refractivity contribution is 5.86. The molecule has 6 nitrogen and oxygen atoms in total. The average Bonchev–Trinajstić information content (AvgIpc) is 3.04. The third-order valence-corrected chi connectivity index (χ3v) is 5.00. The van der Waals surface area contributed by atoms with Crippen molar-refractivity contribution in [3.63, 3.8) is 0 Å². The molecular weight excluding hydrogens is 278 g/mol. The van der Waals surface area contributed by atoms with Gasteiger partial charge in [-0.05, 0) is 32.1 Å². The van der Waals surface area contributed by atoms with E-state index in [0.29, 0.717) is 6.54 Å². The van der Waals surface area contributed by atoms with Gasteiger partial charge in [-0.3, -0.25) is 4.79 Å². The van der Waals surface area contributed by atoms with Gasteiger partial charge in [-0.15, -0.1) is 10.2 Å². The van der Waals surface area contributed by atoms with E-state index in [1.54, 1.807) is 0 Å². The van der Waals surface area contributed by atoms with Crippen molar-refractivity contribution in [2.24, 2.45) is 5.73 Å². The number of carbonyl (C=O) groups is 1. The van der Waals surface area contributed by atoms with Gasteiger partial charge in [0.2, 0.25) is 5.91 Å². The summed E-state index contributed by atoms with van der Waals surface area (Å²) in [6, 6.07) is 0. The number of rotatable bonds is 5. The Labute approximate surface area is 131 Å². The molecule has 22 heavy (non-hydrogen) atoms. The van der Waals surface area contributed by atoms with E-state index >= 15 is 0 Å². The van der Waals surface area contributed by atoms with Gasteiger partial charge >= 0.3 is 0 Å². The topological polar surface area (TPSA) is 85.8 Å². The van der Waals surface area contributed by atoms with E-state index in [1.165, 1.54) is 19.3 Å². The molecule has 1 aromatic rings. The molecule has 6 heteroatoms. The van der Waals surface area contributed by atoms with Gasteiger partial charge in [-0.25, -0.2) is 0 Å². The van der Waals surface area contributed by atoms with Crippen LogP contribution < -0.4 is 11.1 Å². The molecule has 3 rings (SSSR count). The van der Waals surface area contributed by atoms with Gasteiger partial charge in [0.1, 0.15) is 11.6 Å². The van der Waals surface area contributed by atoms with Crippen LogP contribution in [0.5, 0.6) is 0 Å². The van der Waals surface area contributed by atoms with Gasteiger partial charge in [0.05, 0.1) is 5.54 Å². The zero-order chi connectivity index (χ0) is 15.4. The zero-order valence-corrected chi connectivity index (χ0v) is 13.3. The van der Waals surface area contributed by atoms with Gasteiger partial charge in [0, 0.05) is 25.9 Å². The van der Waals surface area contributed by atoms with Crippen molar-refractivity contribution in [2.45, 2.75) is 76.3 Å². The van der Waals surface area contributed by atoms with Crippen molar-refractivity contribution in [3.05, 3.63) is 11.6 Å². The number of nitrogens with one attached hydrogen (secondary N) is 1. The van der Waals surface area contributed by atoms with Crippen LogP contribution in [0.15, 0.2) is 0 Å². The summed E-state index contributed by atoms with van der Waals surface area (Å²) in [5.74, 6) is 2.21. The maximum absolute atomic E-state index is 12.1. The maximum atomic E-state index is 12.1. The van der Waals surface area contributed by atoms with E-state index < -0.39 is 5.54 Å². The van der Waals surface area contributed by atoms with Gasteiger partial charge in [0.25, 0.3) is 0 Å². The SMILES string of the molecule is NC1(C(=O)NCCCc2nnc3n2CCCCC3)CCCC1. The lowest BCUT2D eigenvalue weighted by molar-refractivity contribution is -0.126. The molecule has 122 valence electrons. The van der Waals surface area contributed by atoms with Crippen molar-refractivity contribution in [3.8, 4) is 0 Å². The second kappa shape index (κ2) is 6.77. The predicted octanol–water partition coefficient (Wildman–Crippen LogP) is 1.32. The molecule has 3 N–H and O–H groups in total. The fourth-order valence-electron chi connectivity index (χ4n) is 3.59. The number of carbonyl (C=O) groups excluding carboxylic acids is 1. The molecule has 0 aromatic carbocycles. The number of fused-ring (bicyclic) bond motifs is 1. The standard InChI is InChI=1S/C16H27N5O/c17-16(9-3-4-10-16)15(22)18-11-6-8-14-20-19-13-7-2-1-5-12-21(13)14/h1-12,17H2,(H,18,22). The lowest BCUT2D eigenvalue weighted by Gasteiger charge is -2.22. The largest absolute Gasteiger partial charge is 0.354 e. The molecule has 0 spiro atoms. The number of aryl methyl sites for hydroxylation is 2. The van der Waals surface area contributed by atoms with Crippen LogP contribution in [0.3, 0.4) is 0 Å². The van der Waals surface area contributed by atoms with Gasteiger partial charge in [-0.1, -0.05) is 19.3 Å². The van der Waals surface area contributed by atoms with Crippen LogP contribution in [0.4, 0.5) is 0 Å². The van der Waals surface area contributed by atoms with Crippen molar-refractivity contribution in [1.82, 2.24) is 20.1 Å². The lowest BCUT2D eigenvalue weighted by Crippen LogP contribution is -2.52. The van der Waals surface area contributed by atoms with E-state index in [4.69, 9.17) is 5.73 Å². The summed E-state index contributed by atoms with van der Waals surface area (Å²) >= 11 is 0. The van der Waals surface area contributed by atoms with Gasteiger partial charge < -0.3 is 15.6 Å². The number of hydrogen-bond acceptors (Lipinski definition) is 4. The predicted molar refractivity (Wildman–Crippen MR) is 84.3 cm³/mol. The minimum atomic E-state index is -0.619. The smallest absolute Gasteiger partial charge is 0.240 e. The Morgan fingerprint density at radius 1 is 1.18 bits per heavy atom. The van der Waals surface area contributed by atoms with Crippen LogP contribution in [-0.2, 0) is 24.2 Å². The minimum absolute atomic E-state index is 0.0186. The molecule has 1 aromatic heterocycles. The van der Waals surface area contributed by atoms with Crippen molar-refractivity contribution in [1.29, 1.82) is 0 Å². The van der Waals surface area contributed by atoms with Crippen LogP contribution in [-0.4, -0.2) is 32.8 Å². The average molecular weight is 305 g/mol. The van der Waals surface area contributed by atoms with Crippen LogP contribution in [0.1, 0.15) is 63.0 Å². The number of hydrogen-bond donors (Lipinski definition) is 2. The zero-order valence-electron chi connectivity index (χ0n) is 13.3. The summed E-state index contributed by atoms with van der Waals surface area (Å²) in [4.78, 5) is 12.1. The fraction of sp³-hybridized carbons (Fsp3) is 0.812. The Bertz CT molecular complexity index is 519. The Kier molecular flexibility index (Phi) is 4.76. The summed E-state index contributed by atoms with van der Waals surface area (Å²) in [7, 11) is 0. The molecule has 0 saturated heterocycles. The first-order valence-electron chi connectivity index (χ1n) is 8.67. The van der Waals surface area contributed by atoms with E-state index in [1.807, 2.05) is 0 Å². The molecule has 0 bridgehead atoms. The summed E-state index contributed by atoms with van der Waals surface area (Å²) in [6.45, 7) is 1.70. The number of amides is 1. The Morgan fingerprint density at radius 2 is 2.00 bits per heavy atom. The molecule has 1 amide bonds. The van der Waals surface area contributed by atoms with Crippen LogP contribution in [0.25, 0.3) is 0 Å². The first-order valence-corrected chi connectivity index (χ1v) is 8.67. The number of aromatic nitrogens is 3. The molecular formula is C16H27N5O. The molecule has 2 heterocycles. The highest BCUT2D eigenvalue weighted by atomic mass is 16.2. The van der Waals surface area contributed by atoms with Crippen LogP contribution >= 0.6 is 0 Å².